The number of anilines is 7. The predicted molar refractivity (Wildman–Crippen MR) is 171 cm³/mol. The lowest BCUT2D eigenvalue weighted by atomic mass is 9.82. The summed E-state index contributed by atoms with van der Waals surface area (Å²) >= 11 is 6.23. The van der Waals surface area contributed by atoms with Gasteiger partial charge in [-0.15, -0.1) is 0 Å². The molecule has 1 aliphatic carbocycles. The van der Waals surface area contributed by atoms with Gasteiger partial charge in [0.15, 0.2) is 11.6 Å². The van der Waals surface area contributed by atoms with Crippen LogP contribution in [0.5, 0.6) is 0 Å². The zero-order valence-corrected chi connectivity index (χ0v) is 25.1. The van der Waals surface area contributed by atoms with Crippen LogP contribution in [-0.4, -0.2) is 46.0 Å². The number of fused-ring (bicyclic) bond motifs is 2. The second-order valence-corrected chi connectivity index (χ2v) is 11.6. The fourth-order valence-electron chi connectivity index (χ4n) is 5.09. The summed E-state index contributed by atoms with van der Waals surface area (Å²) in [4.78, 5) is 41.1. The maximum absolute atomic E-state index is 13.5. The van der Waals surface area contributed by atoms with E-state index in [2.05, 4.69) is 25.6 Å². The van der Waals surface area contributed by atoms with Crippen molar-refractivity contribution in [1.29, 1.82) is 0 Å². The third-order valence-corrected chi connectivity index (χ3v) is 8.18. The van der Waals surface area contributed by atoms with E-state index in [1.807, 2.05) is 42.2 Å². The quantitative estimate of drug-likeness (QED) is 0.116. The van der Waals surface area contributed by atoms with Gasteiger partial charge in [-0.3, -0.25) is 14.1 Å². The number of nitrogen functional groups attached to an aromatic ring is 1. The molecule has 0 spiro atoms. The molecule has 1 aromatic heterocycles. The number of hydrogen-bond donors (Lipinski definition) is 4. The molecular formula is C31H24ClN7O5S. The molecule has 0 saturated heterocycles. The molecule has 5 aromatic rings. The molecule has 5 N–H and O–H groups in total. The highest BCUT2D eigenvalue weighted by Crippen LogP contribution is 2.40. The summed E-state index contributed by atoms with van der Waals surface area (Å²) in [6, 6.07) is 23.5. The average Bonchev–Trinajstić information content (AvgIpc) is 3.01. The fraction of sp³-hybridized carbons (Fsp3) is 0.0645. The molecule has 0 atom stereocenters. The van der Waals surface area contributed by atoms with Gasteiger partial charge in [0.05, 0.1) is 22.5 Å². The number of ketones is 2. The highest BCUT2D eigenvalue weighted by molar-refractivity contribution is 7.86. The maximum Gasteiger partial charge on any atom is 0.296 e. The summed E-state index contributed by atoms with van der Waals surface area (Å²) in [5.74, 6) is -0.592. The van der Waals surface area contributed by atoms with Crippen molar-refractivity contribution in [2.45, 2.75) is 11.8 Å². The van der Waals surface area contributed by atoms with Crippen molar-refractivity contribution < 1.29 is 22.6 Å². The molecule has 0 fully saturated rings. The number of nitrogens with zero attached hydrogens (tertiary/aromatic N) is 4. The van der Waals surface area contributed by atoms with Gasteiger partial charge in [-0.25, -0.2) is 0 Å². The number of nitrogens with two attached hydrogens (primary N) is 1. The van der Waals surface area contributed by atoms with E-state index >= 15 is 0 Å². The highest BCUT2D eigenvalue weighted by atomic mass is 35.5. The SMILES string of the molecule is CCN(c1ccccc1)c1nc(Cl)nc(Nc2ccc(Nc3cc(S(=O)(=O)O)c(N)c4c3C(=O)c3ccccc3C4=O)cc2)n1. The van der Waals surface area contributed by atoms with Crippen molar-refractivity contribution in [3.8, 4) is 0 Å². The number of carbonyl (C=O) groups excluding carboxylic acids is 2. The largest absolute Gasteiger partial charge is 0.397 e. The Bertz CT molecular complexity index is 2090. The maximum atomic E-state index is 13.5. The van der Waals surface area contributed by atoms with Crippen LogP contribution in [0.25, 0.3) is 0 Å². The minimum Gasteiger partial charge on any atom is -0.397 e. The zero-order chi connectivity index (χ0) is 31.9. The van der Waals surface area contributed by atoms with E-state index in [9.17, 15) is 22.6 Å². The Balaban J connectivity index is 1.32. The van der Waals surface area contributed by atoms with E-state index in [4.69, 9.17) is 17.3 Å². The number of para-hydroxylation sites is 1. The van der Waals surface area contributed by atoms with Crippen LogP contribution < -0.4 is 21.3 Å². The van der Waals surface area contributed by atoms with Gasteiger partial charge in [0, 0.05) is 34.7 Å². The fourth-order valence-corrected chi connectivity index (χ4v) is 5.89. The summed E-state index contributed by atoms with van der Waals surface area (Å²) < 4.78 is 34.3. The van der Waals surface area contributed by atoms with Crippen molar-refractivity contribution in [2.75, 3.05) is 27.8 Å². The molecule has 0 aliphatic heterocycles. The number of halogens is 1. The van der Waals surface area contributed by atoms with Crippen LogP contribution in [-0.2, 0) is 10.1 Å². The molecule has 0 radical (unpaired) electrons. The summed E-state index contributed by atoms with van der Waals surface area (Å²) in [6.07, 6.45) is 0. The molecule has 0 bridgehead atoms. The minimum absolute atomic E-state index is 0.00119. The van der Waals surface area contributed by atoms with Crippen LogP contribution in [0.3, 0.4) is 0 Å². The van der Waals surface area contributed by atoms with Crippen molar-refractivity contribution in [2.24, 2.45) is 0 Å². The number of hydrogen-bond acceptors (Lipinski definition) is 11. The standard InChI is InChI=1S/C31H24ClN7O5S/c1-2-39(19-8-4-3-5-9-19)31-37-29(32)36-30(38-31)35-18-14-12-17(13-15-18)34-22-16-23(45(42,43)44)26(33)25-24(22)27(40)20-10-6-7-11-21(20)28(25)41/h3-16,34H,2,33H2,1H3,(H,42,43,44)(H,35,36,37,38). The molecule has 45 heavy (non-hydrogen) atoms. The van der Waals surface area contributed by atoms with E-state index in [0.29, 0.717) is 23.9 Å². The molecule has 1 heterocycles. The van der Waals surface area contributed by atoms with Gasteiger partial charge < -0.3 is 21.3 Å². The second kappa shape index (κ2) is 11.6. The molecule has 14 heteroatoms. The van der Waals surface area contributed by atoms with Crippen LogP contribution in [0, 0.1) is 0 Å². The Kier molecular flexibility index (Phi) is 7.66. The lowest BCUT2D eigenvalue weighted by Gasteiger charge is -2.23. The van der Waals surface area contributed by atoms with Gasteiger partial charge in [-0.2, -0.15) is 23.4 Å². The Hall–Kier alpha value is -5.37. The topological polar surface area (TPSA) is 180 Å². The molecule has 1 aliphatic rings. The van der Waals surface area contributed by atoms with Crippen molar-refractivity contribution in [3.05, 3.63) is 112 Å². The Labute approximate surface area is 262 Å². The van der Waals surface area contributed by atoms with E-state index in [-0.39, 0.29) is 39.2 Å². The molecule has 6 rings (SSSR count). The smallest absolute Gasteiger partial charge is 0.296 e. The second-order valence-electron chi connectivity index (χ2n) is 9.90. The lowest BCUT2D eigenvalue weighted by Crippen LogP contribution is -2.25. The van der Waals surface area contributed by atoms with Gasteiger partial charge in [0.2, 0.25) is 17.2 Å². The lowest BCUT2D eigenvalue weighted by molar-refractivity contribution is 0.0980. The number of nitrogens with one attached hydrogen (secondary N) is 2. The number of carbonyl (C=O) groups is 2. The number of aromatic nitrogens is 3. The van der Waals surface area contributed by atoms with E-state index in [0.717, 1.165) is 11.8 Å². The van der Waals surface area contributed by atoms with E-state index in [1.54, 1.807) is 36.4 Å². The summed E-state index contributed by atoms with van der Waals surface area (Å²) in [7, 11) is -4.85. The van der Waals surface area contributed by atoms with Gasteiger partial charge in [-0.1, -0.05) is 42.5 Å². The van der Waals surface area contributed by atoms with Gasteiger partial charge in [0.25, 0.3) is 10.1 Å². The molecule has 0 unspecified atom stereocenters. The summed E-state index contributed by atoms with van der Waals surface area (Å²) in [6.45, 7) is 2.54. The van der Waals surface area contributed by atoms with Crippen LogP contribution in [0.2, 0.25) is 5.28 Å². The van der Waals surface area contributed by atoms with Gasteiger partial charge >= 0.3 is 0 Å². The number of benzene rings is 4. The van der Waals surface area contributed by atoms with Gasteiger partial charge in [-0.05, 0) is 61.0 Å². The van der Waals surface area contributed by atoms with E-state index in [1.165, 1.54) is 12.1 Å². The van der Waals surface area contributed by atoms with Crippen molar-refractivity contribution in [1.82, 2.24) is 15.0 Å². The van der Waals surface area contributed by atoms with Gasteiger partial charge in [0.1, 0.15) is 4.90 Å². The van der Waals surface area contributed by atoms with Crippen LogP contribution in [0.15, 0.2) is 89.8 Å². The molecule has 12 nitrogen and oxygen atoms in total. The third-order valence-electron chi connectivity index (χ3n) is 7.12. The Morgan fingerprint density at radius 2 is 1.40 bits per heavy atom. The molecular weight excluding hydrogens is 618 g/mol. The monoisotopic (exact) mass is 641 g/mol. The summed E-state index contributed by atoms with van der Waals surface area (Å²) in [5.41, 5.74) is 7.27. The van der Waals surface area contributed by atoms with Crippen LogP contribution in [0.1, 0.15) is 38.8 Å². The Morgan fingerprint density at radius 3 is 2.00 bits per heavy atom. The average molecular weight is 642 g/mol. The van der Waals surface area contributed by atoms with Crippen LogP contribution >= 0.6 is 11.6 Å². The molecule has 226 valence electrons. The first-order valence-electron chi connectivity index (χ1n) is 13.6. The van der Waals surface area contributed by atoms with Crippen molar-refractivity contribution >= 4 is 73.6 Å². The minimum atomic E-state index is -4.85. The molecule has 0 amide bonds. The molecule has 4 aromatic carbocycles. The first kappa shape index (κ1) is 29.7. The molecule has 0 saturated carbocycles. The first-order valence-corrected chi connectivity index (χ1v) is 15.4. The third kappa shape index (κ3) is 5.67. The highest BCUT2D eigenvalue weighted by Gasteiger charge is 2.36. The zero-order valence-electron chi connectivity index (χ0n) is 23.5. The number of rotatable bonds is 8. The summed E-state index contributed by atoms with van der Waals surface area (Å²) in [5, 5.41) is 6.09. The van der Waals surface area contributed by atoms with E-state index < -0.39 is 32.3 Å². The normalized spacial score (nSPS) is 12.3. The van der Waals surface area contributed by atoms with Crippen LogP contribution in [0.4, 0.5) is 40.3 Å². The Morgan fingerprint density at radius 1 is 0.822 bits per heavy atom. The van der Waals surface area contributed by atoms with Crippen molar-refractivity contribution in [3.63, 3.8) is 0 Å². The first-order chi connectivity index (χ1) is 21.5. The predicted octanol–water partition coefficient (Wildman–Crippen LogP) is 5.77.